The van der Waals surface area contributed by atoms with Crippen LogP contribution in [0.2, 0.25) is 0 Å². The van der Waals surface area contributed by atoms with Gasteiger partial charge in [-0.2, -0.15) is 4.72 Å². The van der Waals surface area contributed by atoms with Crippen molar-refractivity contribution in [2.75, 3.05) is 13.1 Å². The molecule has 150 valence electrons. The number of hydrogen-bond donors (Lipinski definition) is 1. The number of rotatable bonds is 6. The summed E-state index contributed by atoms with van der Waals surface area (Å²) < 4.78 is 28.5. The molecule has 5 nitrogen and oxygen atoms in total. The summed E-state index contributed by atoms with van der Waals surface area (Å²) in [6, 6.07) is 15.4. The number of carbonyl (C=O) groups is 1. The molecule has 0 spiro atoms. The second kappa shape index (κ2) is 9.34. The monoisotopic (exact) mass is 400 g/mol. The summed E-state index contributed by atoms with van der Waals surface area (Å²) >= 11 is 0. The molecule has 0 unspecified atom stereocenters. The predicted molar refractivity (Wildman–Crippen MR) is 110 cm³/mol. The first-order valence-corrected chi connectivity index (χ1v) is 11.4. The van der Waals surface area contributed by atoms with E-state index in [9.17, 15) is 13.2 Å². The van der Waals surface area contributed by atoms with Gasteiger partial charge in [0.25, 0.3) is 0 Å². The minimum Gasteiger partial charge on any atom is -0.341 e. The lowest BCUT2D eigenvalue weighted by Gasteiger charge is -2.27. The van der Waals surface area contributed by atoms with Crippen molar-refractivity contribution in [3.63, 3.8) is 0 Å². The van der Waals surface area contributed by atoms with Crippen LogP contribution in [0.4, 0.5) is 0 Å². The molecular formula is C22H28N2O3S. The number of carbonyl (C=O) groups excluding carboxylic acids is 1. The van der Waals surface area contributed by atoms with E-state index in [4.69, 9.17) is 0 Å². The molecule has 2 aromatic carbocycles. The van der Waals surface area contributed by atoms with Crippen LogP contribution in [-0.2, 0) is 21.2 Å². The molecule has 1 saturated heterocycles. The zero-order chi connectivity index (χ0) is 20.0. The van der Waals surface area contributed by atoms with Crippen LogP contribution in [0.3, 0.4) is 0 Å². The zero-order valence-electron chi connectivity index (χ0n) is 16.3. The van der Waals surface area contributed by atoms with Gasteiger partial charge >= 0.3 is 0 Å². The average Bonchev–Trinajstić information content (AvgIpc) is 2.97. The second-order valence-electron chi connectivity index (χ2n) is 7.42. The van der Waals surface area contributed by atoms with Crippen molar-refractivity contribution in [3.05, 3.63) is 65.7 Å². The van der Waals surface area contributed by atoms with Crippen molar-refractivity contribution < 1.29 is 13.2 Å². The molecule has 1 fully saturated rings. The third-order valence-electron chi connectivity index (χ3n) is 5.13. The fourth-order valence-electron chi connectivity index (χ4n) is 3.51. The van der Waals surface area contributed by atoms with Gasteiger partial charge in [-0.25, -0.2) is 8.42 Å². The van der Waals surface area contributed by atoms with Crippen LogP contribution in [0, 0.1) is 6.92 Å². The summed E-state index contributed by atoms with van der Waals surface area (Å²) in [7, 11) is -3.79. The standard InChI is InChI=1S/C22H28N2O3S/c1-18-11-13-20(14-12-18)28(26,27)23-21(17-19-9-5-4-6-10-19)22(25)24-15-7-2-3-8-16-24/h4-6,9-14,21,23H,2-3,7-8,15-17H2,1H3/t21-/m1/s1. The van der Waals surface area contributed by atoms with Crippen molar-refractivity contribution in [2.45, 2.75) is 50.0 Å². The van der Waals surface area contributed by atoms with E-state index in [2.05, 4.69) is 4.72 Å². The highest BCUT2D eigenvalue weighted by molar-refractivity contribution is 7.89. The van der Waals surface area contributed by atoms with Gasteiger partial charge in [0.05, 0.1) is 4.90 Å². The van der Waals surface area contributed by atoms with Gasteiger partial charge in [0.15, 0.2) is 0 Å². The van der Waals surface area contributed by atoms with Crippen molar-refractivity contribution in [3.8, 4) is 0 Å². The first-order chi connectivity index (χ1) is 13.5. The quantitative estimate of drug-likeness (QED) is 0.809. The maximum absolute atomic E-state index is 13.2. The van der Waals surface area contributed by atoms with Crippen LogP contribution in [0.1, 0.15) is 36.8 Å². The zero-order valence-corrected chi connectivity index (χ0v) is 17.1. The van der Waals surface area contributed by atoms with E-state index in [1.807, 2.05) is 42.2 Å². The largest absolute Gasteiger partial charge is 0.341 e. The molecule has 28 heavy (non-hydrogen) atoms. The van der Waals surface area contributed by atoms with Gasteiger partial charge in [0, 0.05) is 13.1 Å². The summed E-state index contributed by atoms with van der Waals surface area (Å²) in [5, 5.41) is 0. The summed E-state index contributed by atoms with van der Waals surface area (Å²) in [5.74, 6) is -0.138. The average molecular weight is 401 g/mol. The van der Waals surface area contributed by atoms with Gasteiger partial charge in [0.2, 0.25) is 15.9 Å². The number of nitrogens with zero attached hydrogens (tertiary/aromatic N) is 1. The van der Waals surface area contributed by atoms with Gasteiger partial charge in [-0.3, -0.25) is 4.79 Å². The Balaban J connectivity index is 1.84. The Morgan fingerprint density at radius 3 is 2.18 bits per heavy atom. The number of hydrogen-bond acceptors (Lipinski definition) is 3. The topological polar surface area (TPSA) is 66.5 Å². The highest BCUT2D eigenvalue weighted by atomic mass is 32.2. The Kier molecular flexibility index (Phi) is 6.86. The molecule has 1 atom stereocenters. The number of sulfonamides is 1. The third-order valence-corrected chi connectivity index (χ3v) is 6.61. The lowest BCUT2D eigenvalue weighted by Crippen LogP contribution is -2.49. The Labute approximate surface area is 167 Å². The maximum atomic E-state index is 13.2. The molecule has 6 heteroatoms. The van der Waals surface area contributed by atoms with Crippen LogP contribution >= 0.6 is 0 Å². The van der Waals surface area contributed by atoms with Gasteiger partial charge in [0.1, 0.15) is 6.04 Å². The predicted octanol–water partition coefficient (Wildman–Crippen LogP) is 3.29. The van der Waals surface area contributed by atoms with Crippen LogP contribution in [0.5, 0.6) is 0 Å². The summed E-state index contributed by atoms with van der Waals surface area (Å²) in [5.41, 5.74) is 1.92. The van der Waals surface area contributed by atoms with Crippen LogP contribution in [0.15, 0.2) is 59.5 Å². The van der Waals surface area contributed by atoms with Crippen molar-refractivity contribution in [1.82, 2.24) is 9.62 Å². The fraction of sp³-hybridized carbons (Fsp3) is 0.409. The summed E-state index contributed by atoms with van der Waals surface area (Å²) in [4.78, 5) is 15.2. The van der Waals surface area contributed by atoms with Crippen molar-refractivity contribution >= 4 is 15.9 Å². The van der Waals surface area contributed by atoms with Gasteiger partial charge in [-0.05, 0) is 43.9 Å². The lowest BCUT2D eigenvalue weighted by molar-refractivity contribution is -0.132. The Bertz CT molecular complexity index is 872. The third kappa shape index (κ3) is 5.42. The van der Waals surface area contributed by atoms with Crippen molar-refractivity contribution in [2.24, 2.45) is 0 Å². The molecule has 2 aromatic rings. The van der Waals surface area contributed by atoms with E-state index >= 15 is 0 Å². The minimum atomic E-state index is -3.79. The number of benzene rings is 2. The maximum Gasteiger partial charge on any atom is 0.241 e. The molecule has 1 aliphatic rings. The number of nitrogens with one attached hydrogen (secondary N) is 1. The molecule has 1 amide bonds. The Morgan fingerprint density at radius 2 is 1.57 bits per heavy atom. The molecule has 1 heterocycles. The molecule has 1 N–H and O–H groups in total. The van der Waals surface area contributed by atoms with Crippen LogP contribution in [0.25, 0.3) is 0 Å². The van der Waals surface area contributed by atoms with Crippen molar-refractivity contribution in [1.29, 1.82) is 0 Å². The second-order valence-corrected chi connectivity index (χ2v) is 9.13. The number of aryl methyl sites for hydroxylation is 1. The van der Waals surface area contributed by atoms with Gasteiger partial charge < -0.3 is 4.90 Å². The molecule has 1 aliphatic heterocycles. The Hall–Kier alpha value is -2.18. The van der Waals surface area contributed by atoms with Gasteiger partial charge in [-0.1, -0.05) is 60.9 Å². The Morgan fingerprint density at radius 1 is 0.964 bits per heavy atom. The van der Waals surface area contributed by atoms with Crippen LogP contribution in [-0.4, -0.2) is 38.4 Å². The van der Waals surface area contributed by atoms with E-state index < -0.39 is 16.1 Å². The van der Waals surface area contributed by atoms with Gasteiger partial charge in [-0.15, -0.1) is 0 Å². The molecule has 0 aromatic heterocycles. The summed E-state index contributed by atoms with van der Waals surface area (Å²) in [6.07, 6.45) is 4.49. The smallest absolute Gasteiger partial charge is 0.241 e. The summed E-state index contributed by atoms with van der Waals surface area (Å²) in [6.45, 7) is 3.29. The van der Waals surface area contributed by atoms with E-state index in [1.165, 1.54) is 0 Å². The van der Waals surface area contributed by atoms with Crippen LogP contribution < -0.4 is 4.72 Å². The number of likely N-dealkylation sites (tertiary alicyclic amines) is 1. The first kappa shape index (κ1) is 20.6. The fourth-order valence-corrected chi connectivity index (χ4v) is 4.70. The number of amides is 1. The van der Waals surface area contributed by atoms with E-state index in [0.29, 0.717) is 19.5 Å². The normalized spacial score (nSPS) is 16.4. The van der Waals surface area contributed by atoms with E-state index in [-0.39, 0.29) is 10.8 Å². The molecule has 3 rings (SSSR count). The van der Waals surface area contributed by atoms with E-state index in [0.717, 1.165) is 36.8 Å². The molecule has 0 aliphatic carbocycles. The highest BCUT2D eigenvalue weighted by Crippen LogP contribution is 2.16. The van der Waals surface area contributed by atoms with E-state index in [1.54, 1.807) is 24.3 Å². The highest BCUT2D eigenvalue weighted by Gasteiger charge is 2.29. The molecule has 0 radical (unpaired) electrons. The SMILES string of the molecule is Cc1ccc(S(=O)(=O)N[C@H](Cc2ccccc2)C(=O)N2CCCCCC2)cc1. The minimum absolute atomic E-state index is 0.138. The lowest BCUT2D eigenvalue weighted by atomic mass is 10.1. The molecule has 0 saturated carbocycles. The first-order valence-electron chi connectivity index (χ1n) is 9.87. The molecular weight excluding hydrogens is 372 g/mol. The molecule has 0 bridgehead atoms.